The second kappa shape index (κ2) is 5.97. The van der Waals surface area contributed by atoms with Gasteiger partial charge in [0.15, 0.2) is 0 Å². The summed E-state index contributed by atoms with van der Waals surface area (Å²) in [7, 11) is 0. The normalized spacial score (nSPS) is 10.4. The summed E-state index contributed by atoms with van der Waals surface area (Å²) in [6, 6.07) is 7.91. The lowest BCUT2D eigenvalue weighted by atomic mass is 10.1. The Hall–Kier alpha value is -1.57. The lowest BCUT2D eigenvalue weighted by molar-refractivity contribution is 0.151. The zero-order chi connectivity index (χ0) is 10.2. The van der Waals surface area contributed by atoms with Gasteiger partial charge in [0.1, 0.15) is 12.8 Å². The van der Waals surface area contributed by atoms with Crippen LogP contribution in [0.2, 0.25) is 0 Å². The highest BCUT2D eigenvalue weighted by Crippen LogP contribution is 2.03. The van der Waals surface area contributed by atoms with Crippen molar-refractivity contribution in [1.82, 2.24) is 0 Å². The minimum absolute atomic E-state index is 0.558. The van der Waals surface area contributed by atoms with Crippen molar-refractivity contribution in [3.05, 3.63) is 48.0 Å². The Labute approximate surface area is 84.9 Å². The third-order valence-electron chi connectivity index (χ3n) is 1.79. The minimum Gasteiger partial charge on any atom is -0.395 e. The molecule has 1 aromatic rings. The van der Waals surface area contributed by atoms with Crippen molar-refractivity contribution in [2.24, 2.45) is 5.16 Å². The first kappa shape index (κ1) is 10.5. The second-order valence-corrected chi connectivity index (χ2v) is 2.93. The predicted octanol–water partition coefficient (Wildman–Crippen LogP) is 2.80. The maximum absolute atomic E-state index is 4.98. The highest BCUT2D eigenvalue weighted by atomic mass is 16.6. The van der Waals surface area contributed by atoms with E-state index in [1.807, 2.05) is 31.2 Å². The first-order valence-electron chi connectivity index (χ1n) is 4.59. The van der Waals surface area contributed by atoms with Crippen LogP contribution in [0.1, 0.15) is 17.5 Å². The van der Waals surface area contributed by atoms with Crippen LogP contribution in [0, 0.1) is 6.92 Å². The van der Waals surface area contributed by atoms with Gasteiger partial charge < -0.3 is 4.84 Å². The number of nitrogens with zero attached hydrogens (tertiary/aromatic N) is 1. The summed E-state index contributed by atoms with van der Waals surface area (Å²) < 4.78 is 0. The van der Waals surface area contributed by atoms with Gasteiger partial charge in [0, 0.05) is 12.0 Å². The van der Waals surface area contributed by atoms with Crippen LogP contribution in [-0.4, -0.2) is 12.8 Å². The molecule has 1 aromatic carbocycles. The van der Waals surface area contributed by atoms with Gasteiger partial charge >= 0.3 is 0 Å². The standard InChI is InChI=1S/C12H14NO/c1-3-4-9-14-13-10-12-8-6-5-7-11(12)2/h3,5-8H,1,4,9H2,2H3. The van der Waals surface area contributed by atoms with Gasteiger partial charge in [-0.05, 0) is 12.5 Å². The number of hydrogen-bond donors (Lipinski definition) is 0. The van der Waals surface area contributed by atoms with Crippen LogP contribution in [-0.2, 0) is 4.84 Å². The molecule has 1 radical (unpaired) electrons. The summed E-state index contributed by atoms with van der Waals surface area (Å²) >= 11 is 0. The molecular formula is C12H14NO. The fourth-order valence-corrected chi connectivity index (χ4v) is 0.961. The van der Waals surface area contributed by atoms with E-state index in [9.17, 15) is 0 Å². The number of rotatable bonds is 5. The van der Waals surface area contributed by atoms with Crippen LogP contribution in [0.3, 0.4) is 0 Å². The molecule has 2 nitrogen and oxygen atoms in total. The quantitative estimate of drug-likeness (QED) is 0.301. The average molecular weight is 188 g/mol. The van der Waals surface area contributed by atoms with Crippen LogP contribution in [0.5, 0.6) is 0 Å². The summed E-state index contributed by atoms with van der Waals surface area (Å²) in [6.07, 6.45) is 5.44. The molecule has 2 heteroatoms. The molecule has 0 aromatic heterocycles. The monoisotopic (exact) mass is 188 g/mol. The van der Waals surface area contributed by atoms with Gasteiger partial charge in [0.2, 0.25) is 0 Å². The van der Waals surface area contributed by atoms with Crippen molar-refractivity contribution in [3.63, 3.8) is 0 Å². The van der Waals surface area contributed by atoms with E-state index in [2.05, 4.69) is 17.9 Å². The lowest BCUT2D eigenvalue weighted by Gasteiger charge is -1.97. The first-order valence-corrected chi connectivity index (χ1v) is 4.59. The molecule has 0 atom stereocenters. The molecule has 0 unspecified atom stereocenters. The predicted molar refractivity (Wildman–Crippen MR) is 58.5 cm³/mol. The molecular weight excluding hydrogens is 174 g/mol. The van der Waals surface area contributed by atoms with Crippen LogP contribution < -0.4 is 0 Å². The highest BCUT2D eigenvalue weighted by molar-refractivity contribution is 5.80. The molecule has 0 heterocycles. The number of aryl methyl sites for hydroxylation is 1. The zero-order valence-corrected chi connectivity index (χ0v) is 8.36. The Morgan fingerprint density at radius 2 is 2.29 bits per heavy atom. The van der Waals surface area contributed by atoms with Gasteiger partial charge in [-0.1, -0.05) is 35.5 Å². The van der Waals surface area contributed by atoms with Crippen molar-refractivity contribution >= 4 is 6.21 Å². The third kappa shape index (κ3) is 3.44. The Morgan fingerprint density at radius 3 is 3.00 bits per heavy atom. The average Bonchev–Trinajstić information content (AvgIpc) is 2.20. The van der Waals surface area contributed by atoms with Crippen molar-refractivity contribution in [1.29, 1.82) is 0 Å². The van der Waals surface area contributed by atoms with E-state index in [0.29, 0.717) is 6.61 Å². The largest absolute Gasteiger partial charge is 0.395 e. The van der Waals surface area contributed by atoms with E-state index in [1.54, 1.807) is 6.08 Å². The SMILES string of the molecule is C=CCCON=[C]c1ccccc1C. The molecule has 0 aliphatic carbocycles. The number of benzene rings is 1. The van der Waals surface area contributed by atoms with Gasteiger partial charge in [-0.15, -0.1) is 6.58 Å². The summed E-state index contributed by atoms with van der Waals surface area (Å²) in [5.74, 6) is 0. The van der Waals surface area contributed by atoms with E-state index in [-0.39, 0.29) is 0 Å². The Morgan fingerprint density at radius 1 is 1.50 bits per heavy atom. The maximum Gasteiger partial charge on any atom is 0.139 e. The summed E-state index contributed by atoms with van der Waals surface area (Å²) in [4.78, 5) is 4.98. The van der Waals surface area contributed by atoms with Gasteiger partial charge in [-0.3, -0.25) is 0 Å². The van der Waals surface area contributed by atoms with Crippen molar-refractivity contribution in [3.8, 4) is 0 Å². The van der Waals surface area contributed by atoms with Crippen molar-refractivity contribution in [2.45, 2.75) is 13.3 Å². The lowest BCUT2D eigenvalue weighted by Crippen LogP contribution is -1.89. The summed E-state index contributed by atoms with van der Waals surface area (Å²) in [6.45, 7) is 6.16. The molecule has 0 saturated heterocycles. The third-order valence-corrected chi connectivity index (χ3v) is 1.79. The molecule has 0 amide bonds. The molecule has 1 rings (SSSR count). The zero-order valence-electron chi connectivity index (χ0n) is 8.36. The molecule has 0 saturated carbocycles. The summed E-state index contributed by atoms with van der Waals surface area (Å²) in [5, 5.41) is 3.74. The van der Waals surface area contributed by atoms with Gasteiger partial charge in [-0.2, -0.15) is 0 Å². The fourth-order valence-electron chi connectivity index (χ4n) is 0.961. The molecule has 0 bridgehead atoms. The van der Waals surface area contributed by atoms with Crippen LogP contribution >= 0.6 is 0 Å². The minimum atomic E-state index is 0.558. The van der Waals surface area contributed by atoms with Gasteiger partial charge in [0.25, 0.3) is 0 Å². The molecule has 0 aliphatic heterocycles. The fraction of sp³-hybridized carbons (Fsp3) is 0.250. The van der Waals surface area contributed by atoms with Crippen LogP contribution in [0.15, 0.2) is 42.1 Å². The van der Waals surface area contributed by atoms with Crippen LogP contribution in [0.4, 0.5) is 0 Å². The Kier molecular flexibility index (Phi) is 4.48. The molecule has 0 spiro atoms. The highest BCUT2D eigenvalue weighted by Gasteiger charge is 1.92. The summed E-state index contributed by atoms with van der Waals surface area (Å²) in [5.41, 5.74) is 2.11. The van der Waals surface area contributed by atoms with E-state index < -0.39 is 0 Å². The molecule has 14 heavy (non-hydrogen) atoms. The number of hydrogen-bond acceptors (Lipinski definition) is 2. The van der Waals surface area contributed by atoms with Crippen molar-refractivity contribution < 1.29 is 4.84 Å². The topological polar surface area (TPSA) is 21.6 Å². The maximum atomic E-state index is 4.98. The van der Waals surface area contributed by atoms with E-state index in [1.165, 1.54) is 0 Å². The Bertz CT molecular complexity index is 318. The molecule has 0 fully saturated rings. The molecule has 0 N–H and O–H groups in total. The Balaban J connectivity index is 2.43. The van der Waals surface area contributed by atoms with E-state index in [4.69, 9.17) is 4.84 Å². The van der Waals surface area contributed by atoms with E-state index in [0.717, 1.165) is 17.5 Å². The smallest absolute Gasteiger partial charge is 0.139 e. The second-order valence-electron chi connectivity index (χ2n) is 2.93. The molecule has 73 valence electrons. The van der Waals surface area contributed by atoms with E-state index >= 15 is 0 Å². The van der Waals surface area contributed by atoms with Crippen LogP contribution in [0.25, 0.3) is 0 Å². The van der Waals surface area contributed by atoms with Crippen molar-refractivity contribution in [2.75, 3.05) is 6.61 Å². The van der Waals surface area contributed by atoms with Gasteiger partial charge in [-0.25, -0.2) is 0 Å². The molecule has 0 aliphatic rings. The van der Waals surface area contributed by atoms with Gasteiger partial charge in [0.05, 0.1) is 0 Å². The first-order chi connectivity index (χ1) is 6.84.